The number of anilines is 3. The quantitative estimate of drug-likeness (QED) is 0.847. The average Bonchev–Trinajstić information content (AvgIpc) is 3.29. The van der Waals surface area contributed by atoms with Gasteiger partial charge in [-0.15, -0.1) is 0 Å². The van der Waals surface area contributed by atoms with Crippen LogP contribution in [0.3, 0.4) is 0 Å². The summed E-state index contributed by atoms with van der Waals surface area (Å²) in [4.78, 5) is 26.1. The zero-order valence-electron chi connectivity index (χ0n) is 16.6. The molecule has 4 rings (SSSR count). The number of carbonyl (C=O) groups is 1. The van der Waals surface area contributed by atoms with E-state index in [-0.39, 0.29) is 5.91 Å². The van der Waals surface area contributed by atoms with E-state index in [1.54, 1.807) is 0 Å². The van der Waals surface area contributed by atoms with E-state index in [1.165, 1.54) is 44.1 Å². The highest BCUT2D eigenvalue weighted by molar-refractivity contribution is 6.03. The van der Waals surface area contributed by atoms with Gasteiger partial charge in [0, 0.05) is 43.1 Å². The number of piperidine rings is 1. The van der Waals surface area contributed by atoms with E-state index in [1.807, 2.05) is 18.2 Å². The van der Waals surface area contributed by atoms with Crippen molar-refractivity contribution in [1.29, 1.82) is 0 Å². The lowest BCUT2D eigenvalue weighted by Gasteiger charge is -2.36. The lowest BCUT2D eigenvalue weighted by molar-refractivity contribution is 0.102. The Bertz CT molecular complexity index is 801. The van der Waals surface area contributed by atoms with Crippen molar-refractivity contribution in [3.05, 3.63) is 42.4 Å². The third-order valence-corrected chi connectivity index (χ3v) is 5.87. The Morgan fingerprint density at radius 3 is 2.57 bits per heavy atom. The molecule has 1 aromatic carbocycles. The van der Waals surface area contributed by atoms with Gasteiger partial charge in [-0.05, 0) is 62.8 Å². The van der Waals surface area contributed by atoms with Gasteiger partial charge in [0.05, 0.1) is 0 Å². The van der Waals surface area contributed by atoms with Gasteiger partial charge < -0.3 is 15.1 Å². The lowest BCUT2D eigenvalue weighted by atomic mass is 10.00. The van der Waals surface area contributed by atoms with Crippen LogP contribution in [0.1, 0.15) is 55.9 Å². The summed E-state index contributed by atoms with van der Waals surface area (Å²) in [6.45, 7) is 5.44. The predicted octanol–water partition coefficient (Wildman–Crippen LogP) is 4.10. The summed E-state index contributed by atoms with van der Waals surface area (Å²) in [5.41, 5.74) is 2.42. The number of rotatable bonds is 5. The summed E-state index contributed by atoms with van der Waals surface area (Å²) < 4.78 is 0. The van der Waals surface area contributed by atoms with Gasteiger partial charge in [0.2, 0.25) is 0 Å². The van der Waals surface area contributed by atoms with E-state index in [2.05, 4.69) is 44.1 Å². The second-order valence-corrected chi connectivity index (χ2v) is 7.71. The predicted molar refractivity (Wildman–Crippen MR) is 113 cm³/mol. The minimum absolute atomic E-state index is 0.192. The highest BCUT2D eigenvalue weighted by atomic mass is 16.1. The number of hydrogen-bond acceptors (Lipinski definition) is 5. The topological polar surface area (TPSA) is 61.4 Å². The van der Waals surface area contributed by atoms with Crippen LogP contribution >= 0.6 is 0 Å². The van der Waals surface area contributed by atoms with Gasteiger partial charge in [-0.2, -0.15) is 0 Å². The first-order valence-corrected chi connectivity index (χ1v) is 10.5. The fraction of sp³-hybridized carbons (Fsp3) is 0.500. The van der Waals surface area contributed by atoms with Gasteiger partial charge in [-0.1, -0.05) is 6.92 Å². The summed E-state index contributed by atoms with van der Waals surface area (Å²) in [7, 11) is 0. The maximum Gasteiger partial charge on any atom is 0.274 e. The number of aromatic nitrogens is 2. The summed E-state index contributed by atoms with van der Waals surface area (Å²) in [6.07, 6.45) is 8.73. The standard InChI is InChI=1S/C22H29N5O/c1-2-18-7-3-4-14-27(18)21-15-20(23-16-24-21)22(28)25-17-8-10-19(11-9-17)26-12-5-6-13-26/h8-11,15-16,18H,2-7,12-14H2,1H3,(H,25,28). The van der Waals surface area contributed by atoms with Crippen molar-refractivity contribution < 1.29 is 4.79 Å². The molecule has 0 saturated carbocycles. The smallest absolute Gasteiger partial charge is 0.274 e. The van der Waals surface area contributed by atoms with E-state index < -0.39 is 0 Å². The van der Waals surface area contributed by atoms with Gasteiger partial charge in [0.1, 0.15) is 17.8 Å². The van der Waals surface area contributed by atoms with Gasteiger partial charge in [0.15, 0.2) is 0 Å². The molecular formula is C22H29N5O. The average molecular weight is 380 g/mol. The molecule has 3 heterocycles. The van der Waals surface area contributed by atoms with Crippen molar-refractivity contribution in [2.24, 2.45) is 0 Å². The molecule has 1 unspecified atom stereocenters. The molecule has 148 valence electrons. The highest BCUT2D eigenvalue weighted by Crippen LogP contribution is 2.26. The van der Waals surface area contributed by atoms with Crippen molar-refractivity contribution in [1.82, 2.24) is 9.97 Å². The van der Waals surface area contributed by atoms with Crippen molar-refractivity contribution in [2.45, 2.75) is 51.5 Å². The van der Waals surface area contributed by atoms with Gasteiger partial charge in [0.25, 0.3) is 5.91 Å². The lowest BCUT2D eigenvalue weighted by Crippen LogP contribution is -2.39. The van der Waals surface area contributed by atoms with Crippen molar-refractivity contribution in [3.8, 4) is 0 Å². The molecule has 1 atom stereocenters. The van der Waals surface area contributed by atoms with E-state index in [0.717, 1.165) is 37.6 Å². The molecule has 0 spiro atoms. The van der Waals surface area contributed by atoms with Gasteiger partial charge >= 0.3 is 0 Å². The number of hydrogen-bond donors (Lipinski definition) is 1. The molecule has 2 aliphatic rings. The minimum Gasteiger partial charge on any atom is -0.372 e. The van der Waals surface area contributed by atoms with Crippen LogP contribution in [0, 0.1) is 0 Å². The van der Waals surface area contributed by atoms with Crippen LogP contribution in [0.15, 0.2) is 36.7 Å². The molecule has 28 heavy (non-hydrogen) atoms. The Morgan fingerprint density at radius 2 is 1.82 bits per heavy atom. The van der Waals surface area contributed by atoms with Crippen LogP contribution in [0.2, 0.25) is 0 Å². The van der Waals surface area contributed by atoms with Crippen LogP contribution in [0.5, 0.6) is 0 Å². The Hall–Kier alpha value is -2.63. The molecule has 6 nitrogen and oxygen atoms in total. The first kappa shape index (κ1) is 18.7. The van der Waals surface area contributed by atoms with E-state index >= 15 is 0 Å². The molecule has 2 aliphatic heterocycles. The Morgan fingerprint density at radius 1 is 1.07 bits per heavy atom. The highest BCUT2D eigenvalue weighted by Gasteiger charge is 2.23. The monoisotopic (exact) mass is 379 g/mol. The maximum atomic E-state index is 12.7. The fourth-order valence-electron chi connectivity index (χ4n) is 4.28. The molecule has 6 heteroatoms. The first-order valence-electron chi connectivity index (χ1n) is 10.5. The molecular weight excluding hydrogens is 350 g/mol. The number of nitrogens with one attached hydrogen (secondary N) is 1. The third-order valence-electron chi connectivity index (χ3n) is 5.87. The normalized spacial score (nSPS) is 19.7. The second-order valence-electron chi connectivity index (χ2n) is 7.71. The molecule has 1 amide bonds. The third kappa shape index (κ3) is 4.11. The molecule has 2 fully saturated rings. The maximum absolute atomic E-state index is 12.7. The van der Waals surface area contributed by atoms with E-state index in [0.29, 0.717) is 11.7 Å². The van der Waals surface area contributed by atoms with Crippen LogP contribution < -0.4 is 15.1 Å². The van der Waals surface area contributed by atoms with Crippen LogP contribution in [0.4, 0.5) is 17.2 Å². The first-order chi connectivity index (χ1) is 13.7. The summed E-state index contributed by atoms with van der Waals surface area (Å²) in [5.74, 6) is 0.665. The van der Waals surface area contributed by atoms with Crippen molar-refractivity contribution in [3.63, 3.8) is 0 Å². The Labute approximate surface area is 167 Å². The number of nitrogens with zero attached hydrogens (tertiary/aromatic N) is 4. The Kier molecular flexibility index (Phi) is 5.74. The summed E-state index contributed by atoms with van der Waals surface area (Å²) in [6, 6.07) is 10.4. The van der Waals surface area contributed by atoms with Crippen LogP contribution in [0.25, 0.3) is 0 Å². The summed E-state index contributed by atoms with van der Waals surface area (Å²) >= 11 is 0. The van der Waals surface area contributed by atoms with Crippen LogP contribution in [-0.4, -0.2) is 41.6 Å². The molecule has 0 radical (unpaired) electrons. The van der Waals surface area contributed by atoms with E-state index in [4.69, 9.17) is 0 Å². The number of amides is 1. The number of benzene rings is 1. The molecule has 2 aromatic rings. The SMILES string of the molecule is CCC1CCCCN1c1cc(C(=O)Nc2ccc(N3CCCC3)cc2)ncn1. The zero-order chi connectivity index (χ0) is 19.3. The van der Waals surface area contributed by atoms with Crippen LogP contribution in [-0.2, 0) is 0 Å². The minimum atomic E-state index is -0.192. The van der Waals surface area contributed by atoms with Crippen molar-refractivity contribution in [2.75, 3.05) is 34.8 Å². The molecule has 2 saturated heterocycles. The second kappa shape index (κ2) is 8.59. The molecule has 0 aliphatic carbocycles. The van der Waals surface area contributed by atoms with E-state index in [9.17, 15) is 4.79 Å². The number of carbonyl (C=O) groups excluding carboxylic acids is 1. The zero-order valence-corrected chi connectivity index (χ0v) is 16.6. The summed E-state index contributed by atoms with van der Waals surface area (Å²) in [5, 5.41) is 2.97. The molecule has 1 aromatic heterocycles. The largest absolute Gasteiger partial charge is 0.372 e. The fourth-order valence-corrected chi connectivity index (χ4v) is 4.28. The van der Waals surface area contributed by atoms with Gasteiger partial charge in [-0.3, -0.25) is 4.79 Å². The van der Waals surface area contributed by atoms with Gasteiger partial charge in [-0.25, -0.2) is 9.97 Å². The molecule has 1 N–H and O–H groups in total. The Balaban J connectivity index is 1.44. The van der Waals surface area contributed by atoms with Crippen molar-refractivity contribution >= 4 is 23.1 Å². The molecule has 0 bridgehead atoms.